The maximum Gasteiger partial charge on any atom is 0.252 e. The summed E-state index contributed by atoms with van der Waals surface area (Å²) in [4.78, 5) is 11.1. The van der Waals surface area contributed by atoms with Crippen LogP contribution in [0.2, 0.25) is 0 Å². The average Bonchev–Trinajstić information content (AvgIpc) is 3.02. The highest BCUT2D eigenvalue weighted by Gasteiger charge is 2.08. The fourth-order valence-electron chi connectivity index (χ4n) is 1.84. The molecule has 2 aromatic heterocycles. The minimum Gasteiger partial charge on any atom is -0.389 e. The summed E-state index contributed by atoms with van der Waals surface area (Å²) in [6, 6.07) is 0. The molecule has 0 aliphatic heterocycles. The van der Waals surface area contributed by atoms with Gasteiger partial charge in [-0.05, 0) is 27.7 Å². The summed E-state index contributed by atoms with van der Waals surface area (Å²) in [7, 11) is 0. The van der Waals surface area contributed by atoms with Gasteiger partial charge in [0.2, 0.25) is 0 Å². The third kappa shape index (κ3) is 4.39. The van der Waals surface area contributed by atoms with Crippen molar-refractivity contribution in [1.82, 2.24) is 19.6 Å². The van der Waals surface area contributed by atoms with E-state index in [0.717, 1.165) is 24.3 Å². The number of thiocarbonyl (C=S) groups is 1. The molecular weight excluding hydrogens is 300 g/mol. The predicted molar refractivity (Wildman–Crippen MR) is 89.7 cm³/mol. The number of hydrogen-bond donors (Lipinski definition) is 2. The lowest BCUT2D eigenvalue weighted by Gasteiger charge is -1.90. The molecular formula is C14H22N6OS. The molecule has 4 N–H and O–H groups in total. The standard InChI is InChI=1S/C7H11N3O.C7H11N3S/c2*1-3-10-4-6(7(8)11)5(2)9-10/h2*4H,3H2,1-2H3,(H2,8,11). The van der Waals surface area contributed by atoms with Crippen LogP contribution in [0.25, 0.3) is 0 Å². The molecule has 2 rings (SSSR count). The van der Waals surface area contributed by atoms with Crippen molar-refractivity contribution in [1.29, 1.82) is 0 Å². The molecule has 22 heavy (non-hydrogen) atoms. The van der Waals surface area contributed by atoms with E-state index >= 15 is 0 Å². The Labute approximate surface area is 135 Å². The summed E-state index contributed by atoms with van der Waals surface area (Å²) in [6.07, 6.45) is 3.54. The normalized spacial score (nSPS) is 10.0. The summed E-state index contributed by atoms with van der Waals surface area (Å²) in [5.74, 6) is -0.415. The van der Waals surface area contributed by atoms with Crippen molar-refractivity contribution in [3.63, 3.8) is 0 Å². The molecule has 0 unspecified atom stereocenters. The summed E-state index contributed by atoms with van der Waals surface area (Å²) in [5, 5.41) is 8.27. The highest BCUT2D eigenvalue weighted by molar-refractivity contribution is 7.80. The van der Waals surface area contributed by atoms with E-state index in [9.17, 15) is 4.79 Å². The molecule has 2 aromatic rings. The van der Waals surface area contributed by atoms with E-state index in [4.69, 9.17) is 23.7 Å². The summed E-state index contributed by atoms with van der Waals surface area (Å²) in [6.45, 7) is 9.26. The Hall–Kier alpha value is -2.22. The van der Waals surface area contributed by atoms with Gasteiger partial charge in [-0.2, -0.15) is 10.2 Å². The zero-order valence-electron chi connectivity index (χ0n) is 13.3. The van der Waals surface area contributed by atoms with E-state index in [0.29, 0.717) is 16.2 Å². The van der Waals surface area contributed by atoms with Crippen LogP contribution in [0.5, 0.6) is 0 Å². The minimum absolute atomic E-state index is 0.415. The number of nitrogens with zero attached hydrogens (tertiary/aromatic N) is 4. The Bertz CT molecular complexity index is 615. The van der Waals surface area contributed by atoms with Crippen molar-refractivity contribution in [2.45, 2.75) is 40.8 Å². The van der Waals surface area contributed by atoms with E-state index < -0.39 is 5.91 Å². The second-order valence-electron chi connectivity index (χ2n) is 4.70. The fourth-order valence-corrected chi connectivity index (χ4v) is 2.04. The molecule has 0 atom stereocenters. The molecule has 2 heterocycles. The molecule has 0 saturated carbocycles. The lowest BCUT2D eigenvalue weighted by molar-refractivity contribution is 0.0999. The van der Waals surface area contributed by atoms with Gasteiger partial charge < -0.3 is 11.5 Å². The number of amides is 1. The molecule has 0 radical (unpaired) electrons. The monoisotopic (exact) mass is 322 g/mol. The lowest BCUT2D eigenvalue weighted by Crippen LogP contribution is -2.11. The van der Waals surface area contributed by atoms with Gasteiger partial charge in [-0.25, -0.2) is 0 Å². The molecule has 0 spiro atoms. The highest BCUT2D eigenvalue weighted by atomic mass is 32.1. The maximum absolute atomic E-state index is 10.7. The number of primary amides is 1. The summed E-state index contributed by atoms with van der Waals surface area (Å²) >= 11 is 4.84. The number of carbonyl (C=O) groups excluding carboxylic acids is 1. The number of aryl methyl sites for hydroxylation is 4. The molecule has 0 saturated heterocycles. The predicted octanol–water partition coefficient (Wildman–Crippen LogP) is 1.16. The molecule has 8 heteroatoms. The van der Waals surface area contributed by atoms with E-state index in [1.165, 1.54) is 0 Å². The number of carbonyl (C=O) groups is 1. The highest BCUT2D eigenvalue weighted by Crippen LogP contribution is 2.04. The second-order valence-corrected chi connectivity index (χ2v) is 5.14. The summed E-state index contributed by atoms with van der Waals surface area (Å²) in [5.41, 5.74) is 13.5. The Balaban J connectivity index is 0.000000220. The first kappa shape index (κ1) is 17.8. The van der Waals surface area contributed by atoms with Gasteiger partial charge in [0.25, 0.3) is 5.91 Å². The van der Waals surface area contributed by atoms with Crippen LogP contribution >= 0.6 is 12.2 Å². The molecule has 1 amide bonds. The summed E-state index contributed by atoms with van der Waals surface area (Å²) < 4.78 is 3.51. The van der Waals surface area contributed by atoms with Crippen LogP contribution in [0.1, 0.15) is 41.2 Å². The molecule has 0 bridgehead atoms. The number of nitrogens with two attached hydrogens (primary N) is 2. The van der Waals surface area contributed by atoms with Gasteiger partial charge in [-0.3, -0.25) is 14.2 Å². The SMILES string of the molecule is CCn1cc(C(N)=O)c(C)n1.CCn1cc(C(N)=S)c(C)n1. The average molecular weight is 322 g/mol. The first-order valence-electron chi connectivity index (χ1n) is 6.97. The van der Waals surface area contributed by atoms with Crippen LogP contribution in [-0.2, 0) is 13.1 Å². The first-order chi connectivity index (χ1) is 10.3. The Morgan fingerprint density at radius 1 is 1.05 bits per heavy atom. The zero-order chi connectivity index (χ0) is 16.9. The zero-order valence-corrected chi connectivity index (χ0v) is 14.1. The Morgan fingerprint density at radius 3 is 1.68 bits per heavy atom. The molecule has 0 aliphatic rings. The van der Waals surface area contributed by atoms with Gasteiger partial charge in [0, 0.05) is 31.0 Å². The van der Waals surface area contributed by atoms with Crippen LogP contribution in [0.3, 0.4) is 0 Å². The van der Waals surface area contributed by atoms with E-state index in [2.05, 4.69) is 10.2 Å². The molecule has 120 valence electrons. The lowest BCUT2D eigenvalue weighted by atomic mass is 10.2. The van der Waals surface area contributed by atoms with E-state index in [1.54, 1.807) is 17.8 Å². The molecule has 7 nitrogen and oxygen atoms in total. The van der Waals surface area contributed by atoms with Crippen LogP contribution < -0.4 is 11.5 Å². The van der Waals surface area contributed by atoms with Crippen LogP contribution in [-0.4, -0.2) is 30.5 Å². The largest absolute Gasteiger partial charge is 0.389 e. The van der Waals surface area contributed by atoms with E-state index in [1.807, 2.05) is 31.6 Å². The maximum atomic E-state index is 10.7. The van der Waals surface area contributed by atoms with Crippen molar-refractivity contribution in [3.05, 3.63) is 34.9 Å². The quantitative estimate of drug-likeness (QED) is 0.822. The number of rotatable bonds is 4. The van der Waals surface area contributed by atoms with Gasteiger partial charge in [0.1, 0.15) is 4.99 Å². The van der Waals surface area contributed by atoms with Crippen LogP contribution in [0.15, 0.2) is 12.4 Å². The Kier molecular flexibility index (Phi) is 6.24. The van der Waals surface area contributed by atoms with Gasteiger partial charge >= 0.3 is 0 Å². The molecule has 0 aliphatic carbocycles. The second kappa shape index (κ2) is 7.69. The molecule has 0 aromatic carbocycles. The number of aromatic nitrogens is 4. The van der Waals surface area contributed by atoms with Gasteiger partial charge in [0.05, 0.1) is 17.0 Å². The van der Waals surface area contributed by atoms with Gasteiger partial charge in [-0.15, -0.1) is 0 Å². The minimum atomic E-state index is -0.415. The van der Waals surface area contributed by atoms with Crippen molar-refractivity contribution in [3.8, 4) is 0 Å². The molecule has 0 fully saturated rings. The third-order valence-corrected chi connectivity index (χ3v) is 3.29. The van der Waals surface area contributed by atoms with Crippen LogP contribution in [0.4, 0.5) is 0 Å². The van der Waals surface area contributed by atoms with Crippen LogP contribution in [0, 0.1) is 13.8 Å². The fraction of sp³-hybridized carbons (Fsp3) is 0.429. The number of hydrogen-bond acceptors (Lipinski definition) is 4. The van der Waals surface area contributed by atoms with Crippen molar-refractivity contribution in [2.75, 3.05) is 0 Å². The van der Waals surface area contributed by atoms with Gasteiger partial charge in [0.15, 0.2) is 0 Å². The van der Waals surface area contributed by atoms with Gasteiger partial charge in [-0.1, -0.05) is 12.2 Å². The van der Waals surface area contributed by atoms with Crippen molar-refractivity contribution < 1.29 is 4.79 Å². The van der Waals surface area contributed by atoms with E-state index in [-0.39, 0.29) is 0 Å². The van der Waals surface area contributed by atoms with Crippen molar-refractivity contribution >= 4 is 23.1 Å². The first-order valence-corrected chi connectivity index (χ1v) is 7.38. The topological polar surface area (TPSA) is 105 Å². The smallest absolute Gasteiger partial charge is 0.252 e. The van der Waals surface area contributed by atoms with Crippen molar-refractivity contribution in [2.24, 2.45) is 11.5 Å². The Morgan fingerprint density at radius 2 is 1.45 bits per heavy atom. The third-order valence-electron chi connectivity index (χ3n) is 3.07.